The van der Waals surface area contributed by atoms with E-state index in [1.165, 1.54) is 19.1 Å². The van der Waals surface area contributed by atoms with Gasteiger partial charge in [-0.3, -0.25) is 9.69 Å². The highest BCUT2D eigenvalue weighted by atomic mass is 31.2. The van der Waals surface area contributed by atoms with Gasteiger partial charge in [0.2, 0.25) is 12.7 Å². The Balaban J connectivity index is 2.26. The first-order valence-corrected chi connectivity index (χ1v) is 12.5. The number of hydrogen-bond donors (Lipinski definition) is 3. The van der Waals surface area contributed by atoms with E-state index in [-0.39, 0.29) is 37.9 Å². The molecule has 0 aliphatic carbocycles. The fourth-order valence-corrected chi connectivity index (χ4v) is 3.51. The second-order valence-corrected chi connectivity index (χ2v) is 9.30. The van der Waals surface area contributed by atoms with Crippen molar-refractivity contribution < 1.29 is 64.3 Å². The molecule has 0 spiro atoms. The number of hydrogen-bond acceptors (Lipinski definition) is 6. The van der Waals surface area contributed by atoms with E-state index in [1.807, 2.05) is 0 Å². The van der Waals surface area contributed by atoms with Crippen LogP contribution in [-0.2, 0) is 35.7 Å². The number of nitrogens with one attached hydrogen (secondary N) is 1. The number of amides is 2. The lowest BCUT2D eigenvalue weighted by atomic mass is 10.0. The first kappa shape index (κ1) is 31.6. The van der Waals surface area contributed by atoms with E-state index in [0.29, 0.717) is 12.1 Å². The predicted octanol–water partition coefficient (Wildman–Crippen LogP) is 4.14. The molecule has 0 aromatic heterocycles. The van der Waals surface area contributed by atoms with Crippen molar-refractivity contribution in [3.8, 4) is 0 Å². The van der Waals surface area contributed by atoms with Crippen molar-refractivity contribution in [2.24, 2.45) is 0 Å². The van der Waals surface area contributed by atoms with E-state index in [1.54, 1.807) is 0 Å². The van der Waals surface area contributed by atoms with Crippen LogP contribution in [0.4, 0.5) is 31.1 Å². The molecule has 10 nitrogen and oxygen atoms in total. The van der Waals surface area contributed by atoms with Crippen LogP contribution in [0.25, 0.3) is 0 Å². The van der Waals surface area contributed by atoms with Gasteiger partial charge in [-0.1, -0.05) is 12.2 Å². The van der Waals surface area contributed by atoms with E-state index in [0.717, 1.165) is 4.90 Å². The number of carbonyl (C=O) groups excluding carboxylic acids is 2. The predicted molar refractivity (Wildman–Crippen MR) is 117 cm³/mol. The molecular weight excluding hydrogens is 553 g/mol. The first-order chi connectivity index (χ1) is 17.5. The molecule has 2 atom stereocenters. The molecule has 1 heterocycles. The molecule has 1 aromatic carbocycles. The number of benzene rings is 1. The average Bonchev–Trinajstić information content (AvgIpc) is 2.79. The number of halogens is 6. The Hall–Kier alpha value is -2.65. The number of carbonyl (C=O) groups is 2. The van der Waals surface area contributed by atoms with Crippen LogP contribution in [0.5, 0.6) is 0 Å². The molecule has 38 heavy (non-hydrogen) atoms. The fraction of sp³-hybridized carbons (Fsp3) is 0.524. The van der Waals surface area contributed by atoms with Crippen molar-refractivity contribution >= 4 is 19.8 Å². The van der Waals surface area contributed by atoms with E-state index in [9.17, 15) is 40.5 Å². The van der Waals surface area contributed by atoms with Crippen molar-refractivity contribution in [2.45, 2.75) is 44.3 Å². The SMILES string of the molecule is C[C@@H](OCC1/C=C\CNC(=O)CCCN1C(=O)OCOP(=O)(O)O)c1cc(C(F)(F)F)cc(C(F)(F)F)c1. The van der Waals surface area contributed by atoms with Crippen LogP contribution in [0.1, 0.15) is 42.6 Å². The molecule has 0 bridgehead atoms. The minimum absolute atomic E-state index is 0.00500. The maximum Gasteiger partial charge on any atom is 0.472 e. The minimum Gasteiger partial charge on any atom is -0.422 e. The summed E-state index contributed by atoms with van der Waals surface area (Å²) in [6.45, 7) is -0.361. The molecule has 1 aliphatic heterocycles. The first-order valence-electron chi connectivity index (χ1n) is 10.9. The lowest BCUT2D eigenvalue weighted by molar-refractivity contribution is -0.143. The van der Waals surface area contributed by atoms with Gasteiger partial charge in [-0.25, -0.2) is 13.9 Å². The Morgan fingerprint density at radius 1 is 1.16 bits per heavy atom. The Morgan fingerprint density at radius 3 is 2.32 bits per heavy atom. The zero-order valence-electron chi connectivity index (χ0n) is 19.8. The molecule has 0 radical (unpaired) electrons. The van der Waals surface area contributed by atoms with Crippen LogP contribution < -0.4 is 5.32 Å². The van der Waals surface area contributed by atoms with Gasteiger partial charge in [-0.15, -0.1) is 0 Å². The lowest BCUT2D eigenvalue weighted by Gasteiger charge is -2.30. The quantitative estimate of drug-likeness (QED) is 0.190. The summed E-state index contributed by atoms with van der Waals surface area (Å²) in [5.74, 6) is -0.318. The van der Waals surface area contributed by atoms with Gasteiger partial charge in [-0.05, 0) is 37.1 Å². The minimum atomic E-state index is -5.05. The van der Waals surface area contributed by atoms with Crippen molar-refractivity contribution in [1.29, 1.82) is 0 Å². The number of ether oxygens (including phenoxy) is 2. The molecule has 1 aromatic rings. The van der Waals surface area contributed by atoms with Gasteiger partial charge in [0.15, 0.2) is 0 Å². The Kier molecular flexibility index (Phi) is 10.7. The highest BCUT2D eigenvalue weighted by Crippen LogP contribution is 2.38. The Labute approximate surface area is 212 Å². The largest absolute Gasteiger partial charge is 0.472 e. The molecule has 0 fully saturated rings. The second kappa shape index (κ2) is 12.9. The maximum atomic E-state index is 13.2. The van der Waals surface area contributed by atoms with Crippen molar-refractivity contribution in [2.75, 3.05) is 26.5 Å². The summed E-state index contributed by atoms with van der Waals surface area (Å²) in [4.78, 5) is 42.8. The van der Waals surface area contributed by atoms with E-state index < -0.39 is 68.5 Å². The molecule has 2 rings (SSSR count). The molecular formula is C21H25F6N2O8P. The Morgan fingerprint density at radius 2 is 1.76 bits per heavy atom. The third-order valence-electron chi connectivity index (χ3n) is 5.21. The van der Waals surface area contributed by atoms with Gasteiger partial charge in [-0.2, -0.15) is 26.3 Å². The van der Waals surface area contributed by atoms with Gasteiger partial charge in [0.25, 0.3) is 0 Å². The van der Waals surface area contributed by atoms with Gasteiger partial charge in [0, 0.05) is 19.5 Å². The van der Waals surface area contributed by atoms with Crippen LogP contribution >= 0.6 is 7.82 Å². The van der Waals surface area contributed by atoms with Crippen LogP contribution in [0.2, 0.25) is 0 Å². The highest BCUT2D eigenvalue weighted by Gasteiger charge is 2.37. The standard InChI is InChI=1S/C21H25F6N2O8P/c1-13(14-8-15(20(22,23)24)10-16(9-14)21(25,26)27)35-11-17-4-2-6-28-18(30)5-3-7-29(17)19(31)36-12-37-38(32,33)34/h2,4,8-10,13,17H,3,5-7,11-12H2,1H3,(H,28,30)(H2,32,33,34)/b4-2-/t13-,17?/m1/s1. The van der Waals surface area contributed by atoms with Crippen molar-refractivity contribution in [1.82, 2.24) is 10.2 Å². The third-order valence-corrected chi connectivity index (χ3v) is 5.65. The second-order valence-electron chi connectivity index (χ2n) is 8.06. The maximum absolute atomic E-state index is 13.2. The third kappa shape index (κ3) is 10.3. The van der Waals surface area contributed by atoms with Gasteiger partial charge in [0.05, 0.1) is 29.9 Å². The Bertz CT molecular complexity index is 1030. The van der Waals surface area contributed by atoms with Crippen LogP contribution in [0.15, 0.2) is 30.4 Å². The lowest BCUT2D eigenvalue weighted by Crippen LogP contribution is -2.44. The number of phosphoric acid groups is 1. The highest BCUT2D eigenvalue weighted by molar-refractivity contribution is 7.46. The number of nitrogens with zero attached hydrogens (tertiary/aromatic N) is 1. The summed E-state index contributed by atoms with van der Waals surface area (Å²) in [6.07, 6.45) is -9.52. The molecule has 214 valence electrons. The number of phosphoric ester groups is 1. The fourth-order valence-electron chi connectivity index (χ4n) is 3.32. The molecule has 2 amide bonds. The van der Waals surface area contributed by atoms with Crippen LogP contribution in [0.3, 0.4) is 0 Å². The summed E-state index contributed by atoms with van der Waals surface area (Å²) in [5, 5.41) is 2.58. The summed E-state index contributed by atoms with van der Waals surface area (Å²) in [6, 6.07) is 0.0722. The van der Waals surface area contributed by atoms with E-state index in [2.05, 4.69) is 9.84 Å². The van der Waals surface area contributed by atoms with Crippen molar-refractivity contribution in [3.63, 3.8) is 0 Å². The van der Waals surface area contributed by atoms with E-state index in [4.69, 9.17) is 19.3 Å². The number of alkyl halides is 6. The molecule has 0 saturated carbocycles. The smallest absolute Gasteiger partial charge is 0.422 e. The monoisotopic (exact) mass is 578 g/mol. The molecule has 3 N–H and O–H groups in total. The summed E-state index contributed by atoms with van der Waals surface area (Å²) in [7, 11) is -4.95. The van der Waals surface area contributed by atoms with Gasteiger partial charge < -0.3 is 24.6 Å². The summed E-state index contributed by atoms with van der Waals surface area (Å²) in [5.41, 5.74) is -3.43. The summed E-state index contributed by atoms with van der Waals surface area (Å²) >= 11 is 0. The average molecular weight is 578 g/mol. The zero-order valence-corrected chi connectivity index (χ0v) is 20.7. The van der Waals surface area contributed by atoms with Crippen LogP contribution in [-0.4, -0.2) is 59.2 Å². The summed E-state index contributed by atoms with van der Waals surface area (Å²) < 4.78 is 104. The van der Waals surface area contributed by atoms with Crippen molar-refractivity contribution in [3.05, 3.63) is 47.0 Å². The van der Waals surface area contributed by atoms with E-state index >= 15 is 0 Å². The number of rotatable bonds is 7. The molecule has 1 unspecified atom stereocenters. The van der Waals surface area contributed by atoms with Crippen LogP contribution in [0, 0.1) is 0 Å². The molecule has 1 aliphatic rings. The molecule has 0 saturated heterocycles. The zero-order chi connectivity index (χ0) is 28.7. The van der Waals surface area contributed by atoms with Gasteiger partial charge in [0.1, 0.15) is 0 Å². The normalized spacial score (nSPS) is 19.4. The van der Waals surface area contributed by atoms with Gasteiger partial charge >= 0.3 is 26.3 Å². The topological polar surface area (TPSA) is 135 Å². The molecule has 17 heteroatoms.